The van der Waals surface area contributed by atoms with Gasteiger partial charge in [0.2, 0.25) is 0 Å². The fourth-order valence-corrected chi connectivity index (χ4v) is 3.33. The molecule has 0 aliphatic rings. The van der Waals surface area contributed by atoms with Crippen LogP contribution in [0.5, 0.6) is 0 Å². The summed E-state index contributed by atoms with van der Waals surface area (Å²) in [7, 11) is 0. The maximum absolute atomic E-state index is 14.4. The van der Waals surface area contributed by atoms with Crippen LogP contribution in [0.15, 0.2) is 48.7 Å². The van der Waals surface area contributed by atoms with Gasteiger partial charge in [0.1, 0.15) is 40.7 Å². The van der Waals surface area contributed by atoms with Gasteiger partial charge in [-0.05, 0) is 11.5 Å². The number of hydrogen-bond acceptors (Lipinski definition) is 4. The maximum Gasteiger partial charge on any atom is 0.405 e. The molecule has 0 radical (unpaired) electrons. The van der Waals surface area contributed by atoms with Gasteiger partial charge in [-0.2, -0.15) is 13.2 Å². The third-order valence-corrected chi connectivity index (χ3v) is 4.71. The minimum absolute atomic E-state index is 0.169. The fraction of sp³-hybridized carbons (Fsp3) is 0.0952. The van der Waals surface area contributed by atoms with E-state index in [4.69, 9.17) is 11.6 Å². The predicted molar refractivity (Wildman–Crippen MR) is 108 cm³/mol. The highest BCUT2D eigenvalue weighted by Crippen LogP contribution is 2.38. The zero-order valence-corrected chi connectivity index (χ0v) is 16.6. The smallest absolute Gasteiger partial charge is 0.360 e. The van der Waals surface area contributed by atoms with E-state index in [1.807, 2.05) is 5.32 Å². The van der Waals surface area contributed by atoms with E-state index in [2.05, 4.69) is 15.0 Å². The molecular formula is C21H11ClF6N4. The van der Waals surface area contributed by atoms with Crippen LogP contribution in [0, 0.1) is 17.5 Å². The van der Waals surface area contributed by atoms with Crippen molar-refractivity contribution in [2.75, 3.05) is 11.9 Å². The highest BCUT2D eigenvalue weighted by atomic mass is 35.5. The quantitative estimate of drug-likeness (QED) is 0.278. The van der Waals surface area contributed by atoms with Gasteiger partial charge in [0, 0.05) is 23.7 Å². The number of fused-ring (bicyclic) bond motifs is 1. The van der Waals surface area contributed by atoms with E-state index in [1.54, 1.807) is 30.3 Å². The first kappa shape index (κ1) is 21.8. The summed E-state index contributed by atoms with van der Waals surface area (Å²) in [6, 6.07) is 9.51. The number of aromatic nitrogens is 3. The molecule has 32 heavy (non-hydrogen) atoms. The number of benzene rings is 2. The van der Waals surface area contributed by atoms with Crippen molar-refractivity contribution in [2.45, 2.75) is 6.18 Å². The molecule has 4 aromatic rings. The summed E-state index contributed by atoms with van der Waals surface area (Å²) < 4.78 is 80.6. The highest BCUT2D eigenvalue weighted by Gasteiger charge is 2.29. The Hall–Kier alpha value is -3.40. The summed E-state index contributed by atoms with van der Waals surface area (Å²) in [5.41, 5.74) is -1.26. The molecule has 0 spiro atoms. The SMILES string of the molecule is Fc1cc(F)c(-c2c(Cl)nc(-c3cc4ccccc4cn3)nc2NCC(F)(F)F)c(F)c1. The molecule has 0 aliphatic heterocycles. The largest absolute Gasteiger partial charge is 0.405 e. The van der Waals surface area contributed by atoms with Crippen LogP contribution in [0.1, 0.15) is 0 Å². The Bertz CT molecular complexity index is 1300. The minimum atomic E-state index is -4.67. The van der Waals surface area contributed by atoms with Gasteiger partial charge in [0.05, 0.1) is 11.1 Å². The zero-order valence-electron chi connectivity index (χ0n) is 15.8. The molecule has 0 unspecified atom stereocenters. The van der Waals surface area contributed by atoms with Gasteiger partial charge < -0.3 is 5.32 Å². The van der Waals surface area contributed by atoms with E-state index in [1.165, 1.54) is 6.20 Å². The first-order valence-corrected chi connectivity index (χ1v) is 9.38. The third kappa shape index (κ3) is 4.45. The lowest BCUT2D eigenvalue weighted by Gasteiger charge is -2.16. The van der Waals surface area contributed by atoms with Crippen LogP contribution < -0.4 is 5.32 Å². The summed E-state index contributed by atoms with van der Waals surface area (Å²) >= 11 is 6.14. The van der Waals surface area contributed by atoms with Crippen molar-refractivity contribution in [2.24, 2.45) is 0 Å². The van der Waals surface area contributed by atoms with E-state index in [0.29, 0.717) is 12.1 Å². The summed E-state index contributed by atoms with van der Waals surface area (Å²) in [6.07, 6.45) is -3.16. The lowest BCUT2D eigenvalue weighted by molar-refractivity contribution is -0.115. The van der Waals surface area contributed by atoms with Crippen LogP contribution >= 0.6 is 11.6 Å². The molecule has 0 amide bonds. The highest BCUT2D eigenvalue weighted by molar-refractivity contribution is 6.32. The fourth-order valence-electron chi connectivity index (χ4n) is 3.07. The molecule has 2 heterocycles. The number of hydrogen-bond donors (Lipinski definition) is 1. The van der Waals surface area contributed by atoms with Crippen molar-refractivity contribution in [3.63, 3.8) is 0 Å². The molecular weight excluding hydrogens is 458 g/mol. The monoisotopic (exact) mass is 468 g/mol. The van der Waals surface area contributed by atoms with Gasteiger partial charge in [-0.15, -0.1) is 0 Å². The van der Waals surface area contributed by atoms with E-state index < -0.39 is 52.3 Å². The molecule has 0 fully saturated rings. The zero-order chi connectivity index (χ0) is 23.0. The average Bonchev–Trinajstić information content (AvgIpc) is 2.72. The maximum atomic E-state index is 14.4. The molecule has 164 valence electrons. The molecule has 0 bridgehead atoms. The van der Waals surface area contributed by atoms with Gasteiger partial charge in [-0.25, -0.2) is 23.1 Å². The van der Waals surface area contributed by atoms with Crippen LogP contribution in [-0.4, -0.2) is 27.7 Å². The molecule has 1 N–H and O–H groups in total. The normalized spacial score (nSPS) is 11.7. The van der Waals surface area contributed by atoms with Crippen molar-refractivity contribution in [3.05, 3.63) is 71.3 Å². The van der Waals surface area contributed by atoms with Crippen LogP contribution in [0.4, 0.5) is 32.2 Å². The lowest BCUT2D eigenvalue weighted by atomic mass is 10.1. The number of nitrogens with one attached hydrogen (secondary N) is 1. The third-order valence-electron chi connectivity index (χ3n) is 4.44. The number of anilines is 1. The van der Waals surface area contributed by atoms with Gasteiger partial charge >= 0.3 is 6.18 Å². The minimum Gasteiger partial charge on any atom is -0.360 e. The second-order valence-electron chi connectivity index (χ2n) is 6.69. The average molecular weight is 469 g/mol. The van der Waals surface area contributed by atoms with E-state index >= 15 is 0 Å². The van der Waals surface area contributed by atoms with Crippen molar-refractivity contribution >= 4 is 28.2 Å². The Morgan fingerprint density at radius 1 is 0.875 bits per heavy atom. The molecule has 2 aromatic carbocycles. The molecule has 0 atom stereocenters. The van der Waals surface area contributed by atoms with Gasteiger partial charge in [0.15, 0.2) is 5.82 Å². The number of rotatable bonds is 4. The first-order valence-electron chi connectivity index (χ1n) is 9.00. The number of nitrogens with zero attached hydrogens (tertiary/aromatic N) is 3. The number of alkyl halides is 3. The Balaban J connectivity index is 1.90. The van der Waals surface area contributed by atoms with Crippen LogP contribution in [-0.2, 0) is 0 Å². The molecule has 0 aliphatic carbocycles. The summed E-state index contributed by atoms with van der Waals surface area (Å²) in [5, 5.41) is 3.00. The van der Waals surface area contributed by atoms with E-state index in [-0.39, 0.29) is 11.5 Å². The van der Waals surface area contributed by atoms with E-state index in [0.717, 1.165) is 10.8 Å². The summed E-state index contributed by atoms with van der Waals surface area (Å²) in [4.78, 5) is 12.2. The first-order chi connectivity index (χ1) is 15.1. The summed E-state index contributed by atoms with van der Waals surface area (Å²) in [6.45, 7) is -1.57. The molecule has 4 nitrogen and oxygen atoms in total. The second kappa shape index (κ2) is 8.27. The van der Waals surface area contributed by atoms with Crippen LogP contribution in [0.2, 0.25) is 5.15 Å². The van der Waals surface area contributed by atoms with Crippen molar-refractivity contribution in [1.82, 2.24) is 15.0 Å². The Labute approximate surface area is 181 Å². The molecule has 4 rings (SSSR count). The van der Waals surface area contributed by atoms with Crippen LogP contribution in [0.25, 0.3) is 33.4 Å². The molecule has 0 saturated heterocycles. The van der Waals surface area contributed by atoms with Crippen LogP contribution in [0.3, 0.4) is 0 Å². The Morgan fingerprint density at radius 3 is 2.19 bits per heavy atom. The van der Waals surface area contributed by atoms with Gasteiger partial charge in [0.25, 0.3) is 0 Å². The molecule has 2 aromatic heterocycles. The predicted octanol–water partition coefficient (Wildman–Crippen LogP) is 6.40. The Kier molecular flexibility index (Phi) is 5.64. The van der Waals surface area contributed by atoms with Crippen molar-refractivity contribution in [1.29, 1.82) is 0 Å². The second-order valence-corrected chi connectivity index (χ2v) is 7.05. The van der Waals surface area contributed by atoms with Gasteiger partial charge in [-0.3, -0.25) is 4.98 Å². The number of pyridine rings is 1. The van der Waals surface area contributed by atoms with E-state index in [9.17, 15) is 26.3 Å². The topological polar surface area (TPSA) is 50.7 Å². The van der Waals surface area contributed by atoms with Crippen molar-refractivity contribution < 1.29 is 26.3 Å². The summed E-state index contributed by atoms with van der Waals surface area (Å²) in [5.74, 6) is -4.71. The molecule has 11 heteroatoms. The Morgan fingerprint density at radius 2 is 1.53 bits per heavy atom. The van der Waals surface area contributed by atoms with Gasteiger partial charge in [-0.1, -0.05) is 35.9 Å². The molecule has 0 saturated carbocycles. The van der Waals surface area contributed by atoms with Crippen molar-refractivity contribution in [3.8, 4) is 22.6 Å². The standard InChI is InChI=1S/C21H11ClF6N4/c22-18-17(16-13(24)6-12(23)7-14(16)25)20(30-9-21(26,27)28)32-19(31-18)15-5-10-3-1-2-4-11(10)8-29-15/h1-8H,9H2,(H,30,31,32). The lowest BCUT2D eigenvalue weighted by Crippen LogP contribution is -2.22. The number of halogens is 7.